The van der Waals surface area contributed by atoms with Crippen LogP contribution in [0.2, 0.25) is 0 Å². The van der Waals surface area contributed by atoms with Gasteiger partial charge < -0.3 is 10.1 Å². The second-order valence-corrected chi connectivity index (χ2v) is 7.32. The van der Waals surface area contributed by atoms with Crippen LogP contribution in [0, 0.1) is 14.9 Å². The fraction of sp³-hybridized carbons (Fsp3) is 0.250. The molecule has 0 bridgehead atoms. The van der Waals surface area contributed by atoms with Crippen LogP contribution in [-0.4, -0.2) is 12.5 Å². The van der Waals surface area contributed by atoms with Crippen LogP contribution in [0.5, 0.6) is 5.75 Å². The lowest BCUT2D eigenvalue weighted by Crippen LogP contribution is -2.20. The Morgan fingerprint density at radius 2 is 2.32 bits per heavy atom. The van der Waals surface area contributed by atoms with Gasteiger partial charge in [-0.3, -0.25) is 4.79 Å². The molecule has 0 spiro atoms. The zero-order chi connectivity index (χ0) is 15.5. The molecule has 1 aliphatic rings. The molecule has 0 fully saturated rings. The molecule has 1 N–H and O–H groups in total. The Morgan fingerprint density at radius 1 is 1.45 bits per heavy atom. The summed E-state index contributed by atoms with van der Waals surface area (Å²) in [7, 11) is 0. The molecule has 1 amide bonds. The lowest BCUT2D eigenvalue weighted by atomic mass is 10.1. The first-order valence-electron chi connectivity index (χ1n) is 6.90. The maximum Gasteiger partial charge on any atom is 0.262 e. The summed E-state index contributed by atoms with van der Waals surface area (Å²) in [5.74, 6) is 0.423. The molecule has 0 saturated carbocycles. The summed E-state index contributed by atoms with van der Waals surface area (Å²) in [5.41, 5.74) is 1.74. The summed E-state index contributed by atoms with van der Waals surface area (Å²) in [5, 5.41) is 12.8. The van der Waals surface area contributed by atoms with Gasteiger partial charge in [-0.25, -0.2) is 0 Å². The number of fused-ring (bicyclic) bond motifs is 1. The molecule has 0 unspecified atom stereocenters. The van der Waals surface area contributed by atoms with Gasteiger partial charge >= 0.3 is 0 Å². The standard InChI is InChI=1S/C16H13IN2O2S/c17-10-3-1-4-11(7-10)21-9-15(20)19-16-13(8-18)12-5-2-6-14(12)22-16/h1,3-4,7H,2,5-6,9H2,(H,19,20). The van der Waals surface area contributed by atoms with Crippen LogP contribution in [-0.2, 0) is 17.6 Å². The first-order chi connectivity index (χ1) is 10.7. The topological polar surface area (TPSA) is 62.1 Å². The molecule has 6 heteroatoms. The molecule has 1 aromatic carbocycles. The average molecular weight is 424 g/mol. The number of nitrogens with zero attached hydrogens (tertiary/aromatic N) is 1. The van der Waals surface area contributed by atoms with Crippen molar-refractivity contribution in [1.82, 2.24) is 0 Å². The van der Waals surface area contributed by atoms with Crippen molar-refractivity contribution in [3.63, 3.8) is 0 Å². The number of aryl methyl sites for hydroxylation is 1. The van der Waals surface area contributed by atoms with Gasteiger partial charge in [0.05, 0.1) is 5.56 Å². The van der Waals surface area contributed by atoms with Crippen molar-refractivity contribution >= 4 is 44.8 Å². The molecule has 0 atom stereocenters. The van der Waals surface area contributed by atoms with E-state index in [0.717, 1.165) is 28.4 Å². The van der Waals surface area contributed by atoms with Crippen molar-refractivity contribution < 1.29 is 9.53 Å². The number of halogens is 1. The lowest BCUT2D eigenvalue weighted by molar-refractivity contribution is -0.118. The second kappa shape index (κ2) is 6.67. The van der Waals surface area contributed by atoms with E-state index < -0.39 is 0 Å². The van der Waals surface area contributed by atoms with E-state index in [4.69, 9.17) is 4.74 Å². The van der Waals surface area contributed by atoms with Crippen LogP contribution in [0.1, 0.15) is 22.4 Å². The van der Waals surface area contributed by atoms with Gasteiger partial charge in [-0.05, 0) is 65.6 Å². The minimum absolute atomic E-state index is 0.0620. The van der Waals surface area contributed by atoms with Gasteiger partial charge in [-0.1, -0.05) is 6.07 Å². The number of rotatable bonds is 4. The van der Waals surface area contributed by atoms with E-state index in [-0.39, 0.29) is 12.5 Å². The van der Waals surface area contributed by atoms with Crippen LogP contribution in [0.25, 0.3) is 0 Å². The third-order valence-corrected chi connectivity index (χ3v) is 5.33. The number of hydrogen-bond acceptors (Lipinski definition) is 4. The summed E-state index contributed by atoms with van der Waals surface area (Å²) in [4.78, 5) is 13.3. The number of hydrogen-bond donors (Lipinski definition) is 1. The number of nitriles is 1. The fourth-order valence-corrected chi connectivity index (χ4v) is 4.25. The highest BCUT2D eigenvalue weighted by atomic mass is 127. The molecule has 1 aliphatic carbocycles. The predicted molar refractivity (Wildman–Crippen MR) is 94.3 cm³/mol. The lowest BCUT2D eigenvalue weighted by Gasteiger charge is -2.07. The minimum Gasteiger partial charge on any atom is -0.484 e. The molecule has 112 valence electrons. The highest BCUT2D eigenvalue weighted by Gasteiger charge is 2.23. The van der Waals surface area contributed by atoms with Crippen LogP contribution >= 0.6 is 33.9 Å². The third-order valence-electron chi connectivity index (χ3n) is 3.45. The van der Waals surface area contributed by atoms with Crippen LogP contribution in [0.4, 0.5) is 5.00 Å². The largest absolute Gasteiger partial charge is 0.484 e. The number of amides is 1. The molecular formula is C16H13IN2O2S. The predicted octanol–water partition coefficient (Wildman–Crippen LogP) is 3.73. The smallest absolute Gasteiger partial charge is 0.262 e. The Morgan fingerprint density at radius 3 is 3.09 bits per heavy atom. The molecule has 1 aromatic heterocycles. The van der Waals surface area contributed by atoms with Gasteiger partial charge in [0.25, 0.3) is 5.91 Å². The third kappa shape index (κ3) is 3.25. The van der Waals surface area contributed by atoms with E-state index in [2.05, 4.69) is 34.0 Å². The van der Waals surface area contributed by atoms with Gasteiger partial charge in [0.15, 0.2) is 6.61 Å². The van der Waals surface area contributed by atoms with Crippen molar-refractivity contribution in [1.29, 1.82) is 5.26 Å². The summed E-state index contributed by atoms with van der Waals surface area (Å²) in [6.45, 7) is -0.0620. The van der Waals surface area contributed by atoms with E-state index in [9.17, 15) is 10.1 Å². The molecule has 2 aromatic rings. The highest BCUT2D eigenvalue weighted by Crippen LogP contribution is 2.38. The molecule has 3 rings (SSSR count). The van der Waals surface area contributed by atoms with Crippen LogP contribution in [0.3, 0.4) is 0 Å². The number of anilines is 1. The van der Waals surface area contributed by atoms with E-state index >= 15 is 0 Å². The number of carbonyl (C=O) groups is 1. The molecular weight excluding hydrogens is 411 g/mol. The SMILES string of the molecule is N#Cc1c(NC(=O)COc2cccc(I)c2)sc2c1CCC2. The first kappa shape index (κ1) is 15.3. The molecule has 1 heterocycles. The maximum absolute atomic E-state index is 12.0. The van der Waals surface area contributed by atoms with Crippen molar-refractivity contribution in [3.05, 3.63) is 43.8 Å². The first-order valence-corrected chi connectivity index (χ1v) is 8.80. The number of ether oxygens (including phenoxy) is 1. The summed E-state index contributed by atoms with van der Waals surface area (Å²) in [6, 6.07) is 9.74. The zero-order valence-corrected chi connectivity index (χ0v) is 14.7. The normalized spacial score (nSPS) is 12.5. The number of carbonyl (C=O) groups excluding carboxylic acids is 1. The Hall–Kier alpha value is -1.59. The van der Waals surface area contributed by atoms with E-state index in [1.165, 1.54) is 16.2 Å². The number of nitrogens with one attached hydrogen (secondary N) is 1. The minimum atomic E-state index is -0.240. The van der Waals surface area contributed by atoms with Gasteiger partial charge in [-0.15, -0.1) is 11.3 Å². The Bertz CT molecular complexity index is 764. The highest BCUT2D eigenvalue weighted by molar-refractivity contribution is 14.1. The van der Waals surface area contributed by atoms with Gasteiger partial charge in [0.1, 0.15) is 16.8 Å². The summed E-state index contributed by atoms with van der Waals surface area (Å²) >= 11 is 3.71. The maximum atomic E-state index is 12.0. The quantitative estimate of drug-likeness (QED) is 0.761. The molecule has 0 aliphatic heterocycles. The van der Waals surface area contributed by atoms with Gasteiger partial charge in [0, 0.05) is 8.45 Å². The van der Waals surface area contributed by atoms with Crippen molar-refractivity contribution in [3.8, 4) is 11.8 Å². The summed E-state index contributed by atoms with van der Waals surface area (Å²) < 4.78 is 6.53. The Labute approximate surface area is 146 Å². The van der Waals surface area contributed by atoms with Crippen LogP contribution in [0.15, 0.2) is 24.3 Å². The monoisotopic (exact) mass is 424 g/mol. The number of benzene rings is 1. The zero-order valence-electron chi connectivity index (χ0n) is 11.7. The summed E-state index contributed by atoms with van der Waals surface area (Å²) in [6.07, 6.45) is 3.03. The Balaban J connectivity index is 1.64. The second-order valence-electron chi connectivity index (χ2n) is 4.97. The van der Waals surface area contributed by atoms with Crippen molar-refractivity contribution in [2.75, 3.05) is 11.9 Å². The van der Waals surface area contributed by atoms with E-state index in [0.29, 0.717) is 16.3 Å². The van der Waals surface area contributed by atoms with Crippen LogP contribution < -0.4 is 10.1 Å². The molecule has 22 heavy (non-hydrogen) atoms. The van der Waals surface area contributed by atoms with Gasteiger partial charge in [-0.2, -0.15) is 5.26 Å². The van der Waals surface area contributed by atoms with Crippen molar-refractivity contribution in [2.45, 2.75) is 19.3 Å². The fourth-order valence-electron chi connectivity index (χ4n) is 2.48. The van der Waals surface area contributed by atoms with E-state index in [1.807, 2.05) is 24.3 Å². The van der Waals surface area contributed by atoms with Gasteiger partial charge in [0.2, 0.25) is 0 Å². The molecule has 4 nitrogen and oxygen atoms in total. The van der Waals surface area contributed by atoms with E-state index in [1.54, 1.807) is 0 Å². The molecule has 0 saturated heterocycles. The van der Waals surface area contributed by atoms with Crippen molar-refractivity contribution in [2.24, 2.45) is 0 Å². The average Bonchev–Trinajstić information content (AvgIpc) is 3.05. The Kier molecular flexibility index (Phi) is 4.64. The molecule has 0 radical (unpaired) electrons. The number of thiophene rings is 1.